The monoisotopic (exact) mass is 558 g/mol. The highest BCUT2D eigenvalue weighted by molar-refractivity contribution is 7.13. The summed E-state index contributed by atoms with van der Waals surface area (Å²) in [5.74, 6) is -0.954. The molecule has 3 amide bonds. The number of hydrogen-bond donors (Lipinski definition) is 4. The van der Waals surface area contributed by atoms with Gasteiger partial charge in [0.15, 0.2) is 0 Å². The predicted octanol–water partition coefficient (Wildman–Crippen LogP) is 3.34. The van der Waals surface area contributed by atoms with Gasteiger partial charge in [-0.15, -0.1) is 11.3 Å². The van der Waals surface area contributed by atoms with Crippen molar-refractivity contribution >= 4 is 29.1 Å². The van der Waals surface area contributed by atoms with Crippen molar-refractivity contribution in [3.8, 4) is 10.4 Å². The summed E-state index contributed by atoms with van der Waals surface area (Å²) < 4.78 is 0. The standard InChI is InChI=1S/C29H42N4O5S/c1-18(20-10-12-21(13-11-20)25-19(2)30-17-39-25)31-27(37)23-15-22(35)16-33(23)28(38)26(29(3,4)5)32-24(36)9-7-6-8-14-34/h10-13,17-18,22-23,26,34-35H,6-9,14-16H2,1-5H3,(H,31,37)(H,32,36)/t18?,22-,23+,26?/m1/s1. The Bertz CT molecular complexity index is 1130. The van der Waals surface area contributed by atoms with E-state index in [1.165, 1.54) is 4.90 Å². The highest BCUT2D eigenvalue weighted by atomic mass is 32.1. The number of amides is 3. The number of carbonyl (C=O) groups is 3. The van der Waals surface area contributed by atoms with Gasteiger partial charge in [-0.25, -0.2) is 4.98 Å². The van der Waals surface area contributed by atoms with Crippen molar-refractivity contribution in [2.24, 2.45) is 5.41 Å². The fourth-order valence-electron chi connectivity index (χ4n) is 4.82. The summed E-state index contributed by atoms with van der Waals surface area (Å²) in [6.07, 6.45) is 1.55. The first kappa shape index (κ1) is 30.7. The maximum Gasteiger partial charge on any atom is 0.246 e. The summed E-state index contributed by atoms with van der Waals surface area (Å²) in [6, 6.07) is 5.97. The van der Waals surface area contributed by atoms with E-state index in [0.29, 0.717) is 12.8 Å². The number of hydrogen-bond acceptors (Lipinski definition) is 7. The third kappa shape index (κ3) is 8.09. The number of unbranched alkanes of at least 4 members (excludes halogenated alkanes) is 2. The lowest BCUT2D eigenvalue weighted by Crippen LogP contribution is -2.57. The van der Waals surface area contributed by atoms with Gasteiger partial charge in [0, 0.05) is 26.0 Å². The molecule has 1 aliphatic rings. The summed E-state index contributed by atoms with van der Waals surface area (Å²) >= 11 is 1.58. The quantitative estimate of drug-likeness (QED) is 0.313. The first-order valence-corrected chi connectivity index (χ1v) is 14.5. The number of aromatic nitrogens is 1. The van der Waals surface area contributed by atoms with Gasteiger partial charge in [-0.3, -0.25) is 14.4 Å². The van der Waals surface area contributed by atoms with Gasteiger partial charge < -0.3 is 25.7 Å². The van der Waals surface area contributed by atoms with Gasteiger partial charge in [0.1, 0.15) is 12.1 Å². The van der Waals surface area contributed by atoms with Crippen LogP contribution in [0.3, 0.4) is 0 Å². The van der Waals surface area contributed by atoms with Crippen LogP contribution >= 0.6 is 11.3 Å². The smallest absolute Gasteiger partial charge is 0.246 e. The molecule has 2 unspecified atom stereocenters. The van der Waals surface area contributed by atoms with Gasteiger partial charge in [-0.2, -0.15) is 0 Å². The zero-order chi connectivity index (χ0) is 28.7. The van der Waals surface area contributed by atoms with Gasteiger partial charge >= 0.3 is 0 Å². The highest BCUT2D eigenvalue weighted by Gasteiger charge is 2.44. The summed E-state index contributed by atoms with van der Waals surface area (Å²) in [5, 5.41) is 25.2. The molecule has 0 saturated carbocycles. The van der Waals surface area contributed by atoms with E-state index >= 15 is 0 Å². The van der Waals surface area contributed by atoms with Crippen molar-refractivity contribution in [3.63, 3.8) is 0 Å². The second-order valence-electron chi connectivity index (χ2n) is 11.4. The van der Waals surface area contributed by atoms with E-state index < -0.39 is 23.6 Å². The van der Waals surface area contributed by atoms with Crippen LogP contribution in [0.5, 0.6) is 0 Å². The molecule has 10 heteroatoms. The Balaban J connectivity index is 1.68. The molecule has 0 aliphatic carbocycles. The highest BCUT2D eigenvalue weighted by Crippen LogP contribution is 2.29. The van der Waals surface area contributed by atoms with Gasteiger partial charge in [-0.05, 0) is 43.2 Å². The van der Waals surface area contributed by atoms with Crippen molar-refractivity contribution in [1.82, 2.24) is 20.5 Å². The Hall–Kier alpha value is -2.82. The first-order chi connectivity index (χ1) is 18.4. The fourth-order valence-corrected chi connectivity index (χ4v) is 5.63. The lowest BCUT2D eigenvalue weighted by atomic mass is 9.85. The normalized spacial score (nSPS) is 19.0. The van der Waals surface area contributed by atoms with E-state index in [-0.39, 0.29) is 49.8 Å². The van der Waals surface area contributed by atoms with E-state index in [4.69, 9.17) is 5.11 Å². The molecule has 1 aromatic heterocycles. The summed E-state index contributed by atoms with van der Waals surface area (Å²) in [6.45, 7) is 9.57. The Morgan fingerprint density at radius 1 is 1.13 bits per heavy atom. The average molecular weight is 559 g/mol. The molecule has 2 heterocycles. The summed E-state index contributed by atoms with van der Waals surface area (Å²) in [5.41, 5.74) is 4.19. The molecule has 0 spiro atoms. The topological polar surface area (TPSA) is 132 Å². The molecule has 0 bridgehead atoms. The number of rotatable bonds is 11. The second kappa shape index (κ2) is 13.5. The van der Waals surface area contributed by atoms with Crippen LogP contribution in [-0.2, 0) is 14.4 Å². The SMILES string of the molecule is Cc1ncsc1-c1ccc(C(C)NC(=O)[C@@H]2C[C@@H](O)CN2C(=O)C(NC(=O)CCCCCO)C(C)(C)C)cc1. The van der Waals surface area contributed by atoms with Crippen LogP contribution < -0.4 is 10.6 Å². The molecular weight excluding hydrogens is 516 g/mol. The zero-order valence-corrected chi connectivity index (χ0v) is 24.4. The number of β-amino-alcohol motifs (C(OH)–C–C–N with tert-alkyl or cyclic N) is 1. The van der Waals surface area contributed by atoms with Gasteiger partial charge in [-0.1, -0.05) is 51.5 Å². The maximum atomic E-state index is 13.7. The number of nitrogens with zero attached hydrogens (tertiary/aromatic N) is 2. The molecule has 4 N–H and O–H groups in total. The van der Waals surface area contributed by atoms with Crippen LogP contribution in [0.4, 0.5) is 0 Å². The van der Waals surface area contributed by atoms with Crippen molar-refractivity contribution < 1.29 is 24.6 Å². The van der Waals surface area contributed by atoms with Gasteiger partial charge in [0.05, 0.1) is 28.2 Å². The van der Waals surface area contributed by atoms with Crippen molar-refractivity contribution in [1.29, 1.82) is 0 Å². The molecule has 9 nitrogen and oxygen atoms in total. The molecule has 1 saturated heterocycles. The molecule has 4 atom stereocenters. The van der Waals surface area contributed by atoms with E-state index in [0.717, 1.165) is 28.1 Å². The summed E-state index contributed by atoms with van der Waals surface area (Å²) in [7, 11) is 0. The number of aliphatic hydroxyl groups excluding tert-OH is 2. The number of benzene rings is 1. The third-order valence-corrected chi connectivity index (χ3v) is 8.10. The van der Waals surface area contributed by atoms with Crippen molar-refractivity contribution in [2.75, 3.05) is 13.2 Å². The molecule has 1 fully saturated rings. The molecule has 1 aromatic carbocycles. The Labute approximate surface area is 235 Å². The lowest BCUT2D eigenvalue weighted by Gasteiger charge is -2.35. The fraction of sp³-hybridized carbons (Fsp3) is 0.586. The van der Waals surface area contributed by atoms with Crippen molar-refractivity contribution in [2.45, 2.75) is 91.0 Å². The maximum absolute atomic E-state index is 13.7. The van der Waals surface area contributed by atoms with E-state index in [2.05, 4.69) is 15.6 Å². The summed E-state index contributed by atoms with van der Waals surface area (Å²) in [4.78, 5) is 46.5. The average Bonchev–Trinajstić information content (AvgIpc) is 3.49. The van der Waals surface area contributed by atoms with E-state index in [1.807, 2.05) is 64.4 Å². The molecule has 214 valence electrons. The Kier molecular flexibility index (Phi) is 10.6. The number of carbonyl (C=O) groups excluding carboxylic acids is 3. The zero-order valence-electron chi connectivity index (χ0n) is 23.6. The number of nitrogens with one attached hydrogen (secondary N) is 2. The Morgan fingerprint density at radius 2 is 1.82 bits per heavy atom. The molecule has 2 aromatic rings. The van der Waals surface area contributed by atoms with Crippen LogP contribution in [0.25, 0.3) is 10.4 Å². The van der Waals surface area contributed by atoms with Crippen LogP contribution in [-0.4, -0.2) is 69.2 Å². The predicted molar refractivity (Wildman–Crippen MR) is 152 cm³/mol. The number of aryl methyl sites for hydroxylation is 1. The first-order valence-electron chi connectivity index (χ1n) is 13.6. The third-order valence-electron chi connectivity index (χ3n) is 7.12. The minimum Gasteiger partial charge on any atom is -0.396 e. The minimum absolute atomic E-state index is 0.0349. The molecule has 0 radical (unpaired) electrons. The minimum atomic E-state index is -0.844. The number of thiazole rings is 1. The number of aliphatic hydroxyl groups is 2. The van der Waals surface area contributed by atoms with E-state index in [1.54, 1.807) is 11.3 Å². The Morgan fingerprint density at radius 3 is 2.41 bits per heavy atom. The number of likely N-dealkylation sites (tertiary alicyclic amines) is 1. The largest absolute Gasteiger partial charge is 0.396 e. The molecule has 39 heavy (non-hydrogen) atoms. The van der Waals surface area contributed by atoms with Crippen LogP contribution in [0.2, 0.25) is 0 Å². The van der Waals surface area contributed by atoms with Crippen LogP contribution in [0.15, 0.2) is 29.8 Å². The molecular formula is C29H42N4O5S. The molecule has 3 rings (SSSR count). The second-order valence-corrected chi connectivity index (χ2v) is 12.3. The van der Waals surface area contributed by atoms with Crippen molar-refractivity contribution in [3.05, 3.63) is 41.0 Å². The van der Waals surface area contributed by atoms with E-state index in [9.17, 15) is 19.5 Å². The van der Waals surface area contributed by atoms with Crippen LogP contribution in [0, 0.1) is 12.3 Å². The van der Waals surface area contributed by atoms with Crippen LogP contribution in [0.1, 0.15) is 77.1 Å². The van der Waals surface area contributed by atoms with Gasteiger partial charge in [0.2, 0.25) is 17.7 Å². The lowest BCUT2D eigenvalue weighted by molar-refractivity contribution is -0.144. The molecule has 1 aliphatic heterocycles. The van der Waals surface area contributed by atoms with Gasteiger partial charge in [0.25, 0.3) is 0 Å².